The molecule has 2 aromatic carbocycles. The van der Waals surface area contributed by atoms with E-state index in [2.05, 4.69) is 25.8 Å². The lowest BCUT2D eigenvalue weighted by Gasteiger charge is -2.15. The number of unbranched alkanes of at least 4 members (excludes halogenated alkanes) is 11. The molecule has 0 saturated carbocycles. The number of nitrogens with zero attached hydrogens (tertiary/aromatic N) is 1. The molecule has 0 amide bonds. The first-order chi connectivity index (χ1) is 22.0. The summed E-state index contributed by atoms with van der Waals surface area (Å²) < 4.78 is 22.7. The molecule has 0 spiro atoms. The molecule has 0 aliphatic rings. The SMILES string of the molecule is CCCCCCCCCCCOc1ccc(C(=O)Oc2ccc(C(=O)Oc3ccc(O[C@@H](C)CCCCCC)cc3)cc2)cn1. The number of pyridine rings is 1. The van der Waals surface area contributed by atoms with Crippen molar-refractivity contribution in [2.45, 2.75) is 117 Å². The number of benzene rings is 2. The first-order valence-corrected chi connectivity index (χ1v) is 16.9. The quantitative estimate of drug-likeness (QED) is 0.0630. The fraction of sp³-hybridized carbons (Fsp3) is 0.500. The van der Waals surface area contributed by atoms with Gasteiger partial charge in [-0.05, 0) is 80.8 Å². The van der Waals surface area contributed by atoms with E-state index in [0.29, 0.717) is 35.1 Å². The number of ether oxygens (including phenoxy) is 4. The normalized spacial score (nSPS) is 11.5. The van der Waals surface area contributed by atoms with Gasteiger partial charge in [0.15, 0.2) is 0 Å². The van der Waals surface area contributed by atoms with E-state index in [1.54, 1.807) is 60.7 Å². The standard InChI is InChI=1S/C38H51NO6/c1-4-6-8-10-11-12-13-14-16-28-42-36-27-20-32(29-39-36)38(41)45-34-21-18-31(19-22-34)37(40)44-35-25-23-33(24-26-35)43-30(3)17-15-9-7-5-2/h18-27,29-30H,4-17,28H2,1-3H3/t30-/m0/s1. The predicted octanol–water partition coefficient (Wildman–Crippen LogP) is 10.2. The summed E-state index contributed by atoms with van der Waals surface area (Å²) in [6.45, 7) is 7.13. The Morgan fingerprint density at radius 2 is 1.09 bits per heavy atom. The van der Waals surface area contributed by atoms with E-state index in [1.165, 1.54) is 70.4 Å². The van der Waals surface area contributed by atoms with Crippen LogP contribution in [-0.2, 0) is 0 Å². The Balaban J connectivity index is 1.35. The molecule has 1 heterocycles. The summed E-state index contributed by atoms with van der Waals surface area (Å²) in [5.41, 5.74) is 0.651. The molecule has 0 fully saturated rings. The number of esters is 2. The molecule has 0 bridgehead atoms. The van der Waals surface area contributed by atoms with E-state index in [1.807, 2.05) is 0 Å². The van der Waals surface area contributed by atoms with Crippen LogP contribution in [0.1, 0.15) is 131 Å². The third kappa shape index (κ3) is 14.2. The van der Waals surface area contributed by atoms with Crippen molar-refractivity contribution in [3.05, 3.63) is 78.0 Å². The lowest BCUT2D eigenvalue weighted by molar-refractivity contribution is 0.0730. The fourth-order valence-corrected chi connectivity index (χ4v) is 4.90. The van der Waals surface area contributed by atoms with Gasteiger partial charge in [0.1, 0.15) is 17.2 Å². The number of aromatic nitrogens is 1. The van der Waals surface area contributed by atoms with Gasteiger partial charge in [0, 0.05) is 12.3 Å². The Morgan fingerprint density at radius 3 is 1.67 bits per heavy atom. The maximum Gasteiger partial charge on any atom is 0.345 e. The van der Waals surface area contributed by atoms with Crippen LogP contribution < -0.4 is 18.9 Å². The molecule has 0 N–H and O–H groups in total. The summed E-state index contributed by atoms with van der Waals surface area (Å²) in [5, 5.41) is 0. The molecule has 3 rings (SSSR count). The van der Waals surface area contributed by atoms with Crippen LogP contribution in [-0.4, -0.2) is 29.6 Å². The maximum absolute atomic E-state index is 12.6. The van der Waals surface area contributed by atoms with Gasteiger partial charge >= 0.3 is 11.9 Å². The van der Waals surface area contributed by atoms with Gasteiger partial charge in [0.2, 0.25) is 5.88 Å². The molecule has 244 valence electrons. The first-order valence-electron chi connectivity index (χ1n) is 16.9. The van der Waals surface area contributed by atoms with E-state index in [4.69, 9.17) is 18.9 Å². The lowest BCUT2D eigenvalue weighted by Crippen LogP contribution is -2.12. The molecular formula is C38H51NO6. The number of carbonyl (C=O) groups excluding carboxylic acids is 2. The van der Waals surface area contributed by atoms with Crippen LogP contribution in [0.15, 0.2) is 66.9 Å². The van der Waals surface area contributed by atoms with Crippen LogP contribution >= 0.6 is 0 Å². The van der Waals surface area contributed by atoms with Crippen LogP contribution in [0.2, 0.25) is 0 Å². The highest BCUT2D eigenvalue weighted by atomic mass is 16.5. The largest absolute Gasteiger partial charge is 0.491 e. The van der Waals surface area contributed by atoms with Crippen molar-refractivity contribution in [3.8, 4) is 23.1 Å². The van der Waals surface area contributed by atoms with E-state index in [0.717, 1.165) is 31.4 Å². The second-order valence-electron chi connectivity index (χ2n) is 11.6. The molecule has 0 aliphatic carbocycles. The molecular weight excluding hydrogens is 566 g/mol. The molecule has 1 aromatic heterocycles. The molecule has 7 heteroatoms. The summed E-state index contributed by atoms with van der Waals surface area (Å²) in [7, 11) is 0. The second-order valence-corrected chi connectivity index (χ2v) is 11.6. The van der Waals surface area contributed by atoms with Crippen molar-refractivity contribution in [3.63, 3.8) is 0 Å². The summed E-state index contributed by atoms with van der Waals surface area (Å²) in [4.78, 5) is 29.5. The van der Waals surface area contributed by atoms with E-state index in [-0.39, 0.29) is 6.10 Å². The number of hydrogen-bond acceptors (Lipinski definition) is 7. The first kappa shape index (κ1) is 35.6. The van der Waals surface area contributed by atoms with Crippen molar-refractivity contribution in [2.75, 3.05) is 6.61 Å². The Labute approximate surface area is 269 Å². The monoisotopic (exact) mass is 617 g/mol. The van der Waals surface area contributed by atoms with Crippen LogP contribution in [0.3, 0.4) is 0 Å². The molecule has 0 aliphatic heterocycles. The number of rotatable bonds is 22. The summed E-state index contributed by atoms with van der Waals surface area (Å²) in [6, 6.07) is 16.6. The highest BCUT2D eigenvalue weighted by Gasteiger charge is 2.13. The molecule has 45 heavy (non-hydrogen) atoms. The van der Waals surface area contributed by atoms with Crippen molar-refractivity contribution in [2.24, 2.45) is 0 Å². The number of carbonyl (C=O) groups is 2. The van der Waals surface area contributed by atoms with Crippen molar-refractivity contribution in [1.82, 2.24) is 4.98 Å². The molecule has 1 atom stereocenters. The Hall–Kier alpha value is -3.87. The van der Waals surface area contributed by atoms with Gasteiger partial charge < -0.3 is 18.9 Å². The van der Waals surface area contributed by atoms with Crippen LogP contribution in [0.4, 0.5) is 0 Å². The van der Waals surface area contributed by atoms with Gasteiger partial charge in [0.05, 0.1) is 23.8 Å². The van der Waals surface area contributed by atoms with E-state index < -0.39 is 11.9 Å². The maximum atomic E-state index is 12.6. The van der Waals surface area contributed by atoms with E-state index in [9.17, 15) is 9.59 Å². The molecule has 0 radical (unpaired) electrons. The summed E-state index contributed by atoms with van der Waals surface area (Å²) >= 11 is 0. The Bertz CT molecular complexity index is 1240. The van der Waals surface area contributed by atoms with Crippen molar-refractivity contribution in [1.29, 1.82) is 0 Å². The van der Waals surface area contributed by atoms with Gasteiger partial charge in [-0.15, -0.1) is 0 Å². The molecule has 0 saturated heterocycles. The Morgan fingerprint density at radius 1 is 0.600 bits per heavy atom. The van der Waals surface area contributed by atoms with Crippen molar-refractivity contribution >= 4 is 11.9 Å². The van der Waals surface area contributed by atoms with Gasteiger partial charge in [-0.2, -0.15) is 0 Å². The minimum absolute atomic E-state index is 0.131. The number of hydrogen-bond donors (Lipinski definition) is 0. The Kier molecular flexibility index (Phi) is 16.6. The van der Waals surface area contributed by atoms with Gasteiger partial charge in [-0.1, -0.05) is 84.5 Å². The van der Waals surface area contributed by atoms with Gasteiger partial charge in [-0.3, -0.25) is 0 Å². The average molecular weight is 618 g/mol. The zero-order chi connectivity index (χ0) is 32.1. The fourth-order valence-electron chi connectivity index (χ4n) is 4.90. The third-order valence-electron chi connectivity index (χ3n) is 7.61. The zero-order valence-electron chi connectivity index (χ0n) is 27.4. The van der Waals surface area contributed by atoms with E-state index >= 15 is 0 Å². The lowest BCUT2D eigenvalue weighted by atomic mass is 10.1. The zero-order valence-corrected chi connectivity index (χ0v) is 27.4. The van der Waals surface area contributed by atoms with Crippen LogP contribution in [0, 0.1) is 0 Å². The third-order valence-corrected chi connectivity index (χ3v) is 7.61. The summed E-state index contributed by atoms with van der Waals surface area (Å²) in [5.74, 6) is 0.923. The predicted molar refractivity (Wildman–Crippen MR) is 179 cm³/mol. The smallest absolute Gasteiger partial charge is 0.345 e. The van der Waals surface area contributed by atoms with Crippen LogP contribution in [0.25, 0.3) is 0 Å². The highest BCUT2D eigenvalue weighted by molar-refractivity contribution is 5.92. The average Bonchev–Trinajstić information content (AvgIpc) is 3.05. The summed E-state index contributed by atoms with van der Waals surface area (Å²) in [6.07, 6.45) is 18.7. The second kappa shape index (κ2) is 21.0. The topological polar surface area (TPSA) is 84.0 Å². The van der Waals surface area contributed by atoms with Crippen molar-refractivity contribution < 1.29 is 28.5 Å². The minimum Gasteiger partial charge on any atom is -0.491 e. The minimum atomic E-state index is -0.541. The highest BCUT2D eigenvalue weighted by Crippen LogP contribution is 2.22. The molecule has 3 aromatic rings. The molecule has 0 unspecified atom stereocenters. The van der Waals surface area contributed by atoms with Gasteiger partial charge in [-0.25, -0.2) is 14.6 Å². The molecule has 7 nitrogen and oxygen atoms in total. The van der Waals surface area contributed by atoms with Gasteiger partial charge in [0.25, 0.3) is 0 Å². The van der Waals surface area contributed by atoms with Crippen LogP contribution in [0.5, 0.6) is 23.1 Å².